The van der Waals surface area contributed by atoms with E-state index in [-0.39, 0.29) is 23.6 Å². The zero-order chi connectivity index (χ0) is 25.8. The Bertz CT molecular complexity index is 1290. The summed E-state index contributed by atoms with van der Waals surface area (Å²) in [4.78, 5) is 32.7. The number of piperazine rings is 1. The van der Waals surface area contributed by atoms with E-state index in [9.17, 15) is 20.0 Å². The highest BCUT2D eigenvalue weighted by atomic mass is 32.2. The number of thiocarbonyl (C=S) groups is 1. The molecule has 2 aliphatic rings. The molecule has 1 aromatic carbocycles. The summed E-state index contributed by atoms with van der Waals surface area (Å²) in [6.07, 6.45) is 2.48. The van der Waals surface area contributed by atoms with Crippen LogP contribution in [0.5, 0.6) is 0 Å². The molecule has 2 saturated heterocycles. The Morgan fingerprint density at radius 2 is 1.83 bits per heavy atom. The second kappa shape index (κ2) is 11.4. The number of benzene rings is 1. The van der Waals surface area contributed by atoms with Gasteiger partial charge < -0.3 is 10.0 Å². The van der Waals surface area contributed by atoms with Crippen LogP contribution in [0.25, 0.3) is 6.08 Å². The number of β-amino-alcohol motifs (C(OH)–C–C–N with tert-alkyl or cyclic N) is 1. The molecule has 0 bridgehead atoms. The maximum absolute atomic E-state index is 13.3. The predicted molar refractivity (Wildman–Crippen MR) is 147 cm³/mol. The van der Waals surface area contributed by atoms with Gasteiger partial charge in [-0.25, -0.2) is 0 Å². The van der Waals surface area contributed by atoms with Crippen molar-refractivity contribution in [1.29, 1.82) is 5.26 Å². The molecule has 0 unspecified atom stereocenters. The summed E-state index contributed by atoms with van der Waals surface area (Å²) >= 11 is 6.78. The number of aliphatic hydroxyl groups is 1. The van der Waals surface area contributed by atoms with Gasteiger partial charge in [-0.15, -0.1) is 0 Å². The minimum Gasteiger partial charge on any atom is -0.395 e. The standard InChI is InChI=1S/C26H29N5O3S2/c1-18-20(16-22-25(34)31(26(35)36-22)9-8-19-6-4-3-5-7-19)23(28(2)24(33)21(18)17-27)30-12-10-29(11-13-30)14-15-32/h3-7,16,32H,8-15H2,1-2H3/b22-16-. The van der Waals surface area contributed by atoms with Crippen molar-refractivity contribution in [2.45, 2.75) is 13.3 Å². The smallest absolute Gasteiger partial charge is 0.270 e. The first-order valence-corrected chi connectivity index (χ1v) is 13.1. The summed E-state index contributed by atoms with van der Waals surface area (Å²) in [5.74, 6) is 0.529. The van der Waals surface area contributed by atoms with E-state index in [0.29, 0.717) is 58.8 Å². The van der Waals surface area contributed by atoms with Crippen molar-refractivity contribution in [1.82, 2.24) is 14.4 Å². The number of anilines is 1. The van der Waals surface area contributed by atoms with Gasteiger partial charge >= 0.3 is 0 Å². The fourth-order valence-corrected chi connectivity index (χ4v) is 5.92. The van der Waals surface area contributed by atoms with Crippen molar-refractivity contribution < 1.29 is 9.90 Å². The fourth-order valence-electron chi connectivity index (χ4n) is 4.63. The molecule has 1 aromatic heterocycles. The number of pyridine rings is 1. The summed E-state index contributed by atoms with van der Waals surface area (Å²) in [6.45, 7) is 5.77. The van der Waals surface area contributed by atoms with E-state index in [2.05, 4.69) is 9.80 Å². The number of amides is 1. The van der Waals surface area contributed by atoms with Gasteiger partial charge in [-0.1, -0.05) is 54.3 Å². The van der Waals surface area contributed by atoms with Crippen LogP contribution in [-0.2, 0) is 18.3 Å². The van der Waals surface area contributed by atoms with Crippen LogP contribution in [0.3, 0.4) is 0 Å². The Morgan fingerprint density at radius 3 is 2.47 bits per heavy atom. The molecule has 2 aliphatic heterocycles. The molecule has 0 saturated carbocycles. The Kier molecular flexibility index (Phi) is 8.26. The zero-order valence-electron chi connectivity index (χ0n) is 20.4. The predicted octanol–water partition coefficient (Wildman–Crippen LogP) is 2.12. The molecule has 4 rings (SSSR count). The first-order chi connectivity index (χ1) is 17.3. The van der Waals surface area contributed by atoms with E-state index in [1.54, 1.807) is 24.9 Å². The highest BCUT2D eigenvalue weighted by Gasteiger charge is 2.33. The number of hydrogen-bond acceptors (Lipinski definition) is 8. The molecule has 0 radical (unpaired) electrons. The molecule has 3 heterocycles. The lowest BCUT2D eigenvalue weighted by Gasteiger charge is -2.37. The van der Waals surface area contributed by atoms with E-state index in [4.69, 9.17) is 12.2 Å². The van der Waals surface area contributed by atoms with Gasteiger partial charge in [0, 0.05) is 51.9 Å². The quantitative estimate of drug-likeness (QED) is 0.436. The molecule has 1 N–H and O–H groups in total. The van der Waals surface area contributed by atoms with Crippen LogP contribution in [0.15, 0.2) is 40.0 Å². The molecule has 188 valence electrons. The first kappa shape index (κ1) is 26.1. The number of aromatic nitrogens is 1. The molecule has 0 aliphatic carbocycles. The van der Waals surface area contributed by atoms with E-state index in [0.717, 1.165) is 18.7 Å². The number of carbonyl (C=O) groups is 1. The Balaban J connectivity index is 1.67. The van der Waals surface area contributed by atoms with Gasteiger partial charge in [0.25, 0.3) is 11.5 Å². The average molecular weight is 524 g/mol. The average Bonchev–Trinajstić information content (AvgIpc) is 3.15. The Hall–Kier alpha value is -2.97. The van der Waals surface area contributed by atoms with Crippen LogP contribution in [0, 0.1) is 18.3 Å². The molecule has 36 heavy (non-hydrogen) atoms. The zero-order valence-corrected chi connectivity index (χ0v) is 22.1. The SMILES string of the molecule is Cc1c(/C=C2\SC(=S)N(CCc3ccccc3)C2=O)c(N2CCN(CCO)CC2)n(C)c(=O)c1C#N. The van der Waals surface area contributed by atoms with Crippen LogP contribution in [0.2, 0.25) is 0 Å². The number of thioether (sulfide) groups is 1. The number of carbonyl (C=O) groups excluding carboxylic acids is 1. The second-order valence-corrected chi connectivity index (χ2v) is 10.5. The normalized spacial score (nSPS) is 17.8. The first-order valence-electron chi connectivity index (χ1n) is 11.9. The van der Waals surface area contributed by atoms with Crippen molar-refractivity contribution >= 4 is 46.1 Å². The molecule has 0 spiro atoms. The summed E-state index contributed by atoms with van der Waals surface area (Å²) in [7, 11) is 1.67. The highest BCUT2D eigenvalue weighted by Crippen LogP contribution is 2.36. The maximum atomic E-state index is 13.3. The molecule has 1 amide bonds. The van der Waals surface area contributed by atoms with Crippen molar-refractivity contribution in [3.05, 3.63) is 67.8 Å². The molecule has 0 atom stereocenters. The third-order valence-corrected chi connectivity index (χ3v) is 8.05. The lowest BCUT2D eigenvalue weighted by Crippen LogP contribution is -2.49. The number of nitriles is 1. The maximum Gasteiger partial charge on any atom is 0.270 e. The molecular weight excluding hydrogens is 494 g/mol. The molecule has 2 fully saturated rings. The van der Waals surface area contributed by atoms with Crippen LogP contribution < -0.4 is 10.5 Å². The topological polar surface area (TPSA) is 92.8 Å². The Morgan fingerprint density at radius 1 is 1.14 bits per heavy atom. The highest BCUT2D eigenvalue weighted by molar-refractivity contribution is 8.26. The largest absolute Gasteiger partial charge is 0.395 e. The number of rotatable bonds is 7. The third-order valence-electron chi connectivity index (χ3n) is 6.67. The van der Waals surface area contributed by atoms with Crippen LogP contribution >= 0.6 is 24.0 Å². The van der Waals surface area contributed by atoms with Gasteiger partial charge in [0.1, 0.15) is 21.8 Å². The molecule has 2 aromatic rings. The van der Waals surface area contributed by atoms with Gasteiger partial charge in [-0.3, -0.25) is 24.0 Å². The van der Waals surface area contributed by atoms with E-state index >= 15 is 0 Å². The monoisotopic (exact) mass is 523 g/mol. The number of nitrogens with zero attached hydrogens (tertiary/aromatic N) is 5. The molecular formula is C26H29N5O3S2. The van der Waals surface area contributed by atoms with Crippen molar-refractivity contribution in [3.8, 4) is 6.07 Å². The number of hydrogen-bond donors (Lipinski definition) is 1. The summed E-state index contributed by atoms with van der Waals surface area (Å²) in [6, 6.07) is 12.0. The molecule has 8 nitrogen and oxygen atoms in total. The van der Waals surface area contributed by atoms with E-state index in [1.165, 1.54) is 16.3 Å². The van der Waals surface area contributed by atoms with Crippen molar-refractivity contribution in [2.75, 3.05) is 50.8 Å². The van der Waals surface area contributed by atoms with Crippen LogP contribution in [0.1, 0.15) is 22.3 Å². The van der Waals surface area contributed by atoms with Gasteiger partial charge in [-0.05, 0) is 30.5 Å². The Labute approximate surface area is 220 Å². The van der Waals surface area contributed by atoms with E-state index in [1.807, 2.05) is 36.4 Å². The molecule has 10 heteroatoms. The van der Waals surface area contributed by atoms with Gasteiger partial charge in [0.05, 0.1) is 11.5 Å². The summed E-state index contributed by atoms with van der Waals surface area (Å²) < 4.78 is 2.01. The lowest BCUT2D eigenvalue weighted by atomic mass is 10.0. The lowest BCUT2D eigenvalue weighted by molar-refractivity contribution is -0.122. The van der Waals surface area contributed by atoms with Gasteiger partial charge in [0.15, 0.2) is 0 Å². The summed E-state index contributed by atoms with van der Waals surface area (Å²) in [5, 5.41) is 19.0. The fraction of sp³-hybridized carbons (Fsp3) is 0.385. The van der Waals surface area contributed by atoms with Crippen molar-refractivity contribution in [3.63, 3.8) is 0 Å². The minimum absolute atomic E-state index is 0.0750. The van der Waals surface area contributed by atoms with E-state index < -0.39 is 0 Å². The van der Waals surface area contributed by atoms with Crippen LogP contribution in [0.4, 0.5) is 5.82 Å². The third kappa shape index (κ3) is 5.25. The minimum atomic E-state index is -0.352. The second-order valence-electron chi connectivity index (χ2n) is 8.83. The van der Waals surface area contributed by atoms with Crippen molar-refractivity contribution in [2.24, 2.45) is 7.05 Å². The van der Waals surface area contributed by atoms with Crippen LogP contribution in [-0.4, -0.2) is 75.6 Å². The van der Waals surface area contributed by atoms with Gasteiger partial charge in [-0.2, -0.15) is 5.26 Å². The van der Waals surface area contributed by atoms with Gasteiger partial charge in [0.2, 0.25) is 0 Å². The number of aliphatic hydroxyl groups excluding tert-OH is 1. The summed E-state index contributed by atoms with van der Waals surface area (Å²) in [5.41, 5.74) is 2.10.